The minimum atomic E-state index is -0.590. The molecule has 4 rings (SSSR count). The highest BCUT2D eigenvalue weighted by Gasteiger charge is 2.22. The molecule has 38 heavy (non-hydrogen) atoms. The summed E-state index contributed by atoms with van der Waals surface area (Å²) in [6, 6.07) is 8.86. The Morgan fingerprint density at radius 3 is 2.42 bits per heavy atom. The maximum absolute atomic E-state index is 14.7. The number of methoxy groups -OCH3 is 2. The fourth-order valence-corrected chi connectivity index (χ4v) is 4.62. The predicted octanol–water partition coefficient (Wildman–Crippen LogP) is 4.51. The molecule has 0 saturated carbocycles. The molecule has 9 nitrogen and oxygen atoms in total. The molecule has 202 valence electrons. The number of hydrogen-bond donors (Lipinski definition) is 2. The van der Waals surface area contributed by atoms with Gasteiger partial charge in [0.25, 0.3) is 5.91 Å². The van der Waals surface area contributed by atoms with Gasteiger partial charge in [0.15, 0.2) is 17.3 Å². The molecule has 1 aromatic heterocycles. The van der Waals surface area contributed by atoms with E-state index in [2.05, 4.69) is 38.5 Å². The molecule has 10 heteroatoms. The van der Waals surface area contributed by atoms with Gasteiger partial charge in [0.05, 0.1) is 26.6 Å². The number of hydrogen-bond acceptors (Lipinski definition) is 8. The van der Waals surface area contributed by atoms with Gasteiger partial charge >= 0.3 is 0 Å². The Kier molecular flexibility index (Phi) is 8.96. The fraction of sp³-hybridized carbons (Fsp3) is 0.393. The zero-order chi connectivity index (χ0) is 27.1. The van der Waals surface area contributed by atoms with Crippen molar-refractivity contribution >= 4 is 17.5 Å². The highest BCUT2D eigenvalue weighted by Crippen LogP contribution is 2.36. The molecule has 0 spiro atoms. The van der Waals surface area contributed by atoms with E-state index in [0.717, 1.165) is 43.9 Å². The molecule has 1 amide bonds. The predicted molar refractivity (Wildman–Crippen MR) is 143 cm³/mol. The van der Waals surface area contributed by atoms with Crippen molar-refractivity contribution in [2.24, 2.45) is 0 Å². The summed E-state index contributed by atoms with van der Waals surface area (Å²) in [4.78, 5) is 23.1. The topological polar surface area (TPSA) is 97.8 Å². The number of likely N-dealkylation sites (tertiary alicyclic amines) is 1. The van der Waals surface area contributed by atoms with E-state index in [1.54, 1.807) is 7.11 Å². The van der Waals surface area contributed by atoms with Gasteiger partial charge in [-0.25, -0.2) is 14.4 Å². The molecule has 1 aliphatic rings. The van der Waals surface area contributed by atoms with Crippen LogP contribution in [0.15, 0.2) is 42.7 Å². The summed E-state index contributed by atoms with van der Waals surface area (Å²) in [5, 5.41) is 5.70. The number of carbonyl (C=O) groups excluding carboxylic acids is 1. The van der Waals surface area contributed by atoms with Crippen LogP contribution < -0.4 is 24.8 Å². The van der Waals surface area contributed by atoms with Crippen LogP contribution in [0.4, 0.5) is 16.0 Å². The van der Waals surface area contributed by atoms with Gasteiger partial charge < -0.3 is 29.7 Å². The van der Waals surface area contributed by atoms with Gasteiger partial charge in [0.2, 0.25) is 5.95 Å². The molecule has 1 fully saturated rings. The fourth-order valence-electron chi connectivity index (χ4n) is 4.62. The summed E-state index contributed by atoms with van der Waals surface area (Å²) < 4.78 is 31.1. The Morgan fingerprint density at radius 2 is 1.79 bits per heavy atom. The standard InChI is InChI=1S/C28H34FN5O4/c1-5-34-10-8-18(9-11-34)23-7-6-21(14-24(23)36-3)33-28-31-15-22(16-32-28)38-17-20-12-19(27(35)30-2)13-25(37-4)26(20)29/h6-7,12-16,18H,5,8-11,17H2,1-4H3,(H,30,35)(H,31,32,33). The number of nitrogens with zero attached hydrogens (tertiary/aromatic N) is 3. The minimum Gasteiger partial charge on any atom is -0.496 e. The Labute approximate surface area is 222 Å². The normalized spacial score (nSPS) is 14.1. The van der Waals surface area contributed by atoms with E-state index in [4.69, 9.17) is 14.2 Å². The van der Waals surface area contributed by atoms with Gasteiger partial charge in [0.1, 0.15) is 12.4 Å². The third-order valence-corrected chi connectivity index (χ3v) is 6.81. The van der Waals surface area contributed by atoms with E-state index in [1.165, 1.54) is 44.2 Å². The number of carbonyl (C=O) groups is 1. The summed E-state index contributed by atoms with van der Waals surface area (Å²) in [7, 11) is 4.53. The Balaban J connectivity index is 1.40. The van der Waals surface area contributed by atoms with Crippen LogP contribution in [0.5, 0.6) is 17.2 Å². The number of ether oxygens (including phenoxy) is 3. The van der Waals surface area contributed by atoms with Crippen LogP contribution in [0.1, 0.15) is 47.2 Å². The minimum absolute atomic E-state index is 0.0339. The maximum Gasteiger partial charge on any atom is 0.251 e. The second-order valence-corrected chi connectivity index (χ2v) is 9.05. The number of benzene rings is 2. The lowest BCUT2D eigenvalue weighted by Crippen LogP contribution is -2.32. The molecule has 3 aromatic rings. The van der Waals surface area contributed by atoms with Gasteiger partial charge in [-0.05, 0) is 62.2 Å². The first-order valence-electron chi connectivity index (χ1n) is 12.7. The van der Waals surface area contributed by atoms with Gasteiger partial charge in [0, 0.05) is 29.9 Å². The van der Waals surface area contributed by atoms with Gasteiger partial charge in [-0.2, -0.15) is 0 Å². The van der Waals surface area contributed by atoms with Crippen LogP contribution in [-0.4, -0.2) is 61.7 Å². The van der Waals surface area contributed by atoms with Gasteiger partial charge in [-0.1, -0.05) is 13.0 Å². The molecular formula is C28H34FN5O4. The van der Waals surface area contributed by atoms with Crippen LogP contribution in [0.25, 0.3) is 0 Å². The van der Waals surface area contributed by atoms with E-state index < -0.39 is 5.82 Å². The molecule has 0 bridgehead atoms. The second-order valence-electron chi connectivity index (χ2n) is 9.05. The van der Waals surface area contributed by atoms with Crippen molar-refractivity contribution in [2.75, 3.05) is 46.2 Å². The summed E-state index contributed by atoms with van der Waals surface area (Å²) in [5.74, 6) is 1.09. The number of nitrogens with one attached hydrogen (secondary N) is 2. The van der Waals surface area contributed by atoms with Crippen molar-refractivity contribution < 1.29 is 23.4 Å². The molecule has 0 radical (unpaired) electrons. The monoisotopic (exact) mass is 523 g/mol. The van der Waals surface area contributed by atoms with E-state index in [-0.39, 0.29) is 29.4 Å². The summed E-state index contributed by atoms with van der Waals surface area (Å²) in [5.41, 5.74) is 2.49. The van der Waals surface area contributed by atoms with Crippen LogP contribution in [0, 0.1) is 5.82 Å². The number of piperidine rings is 1. The smallest absolute Gasteiger partial charge is 0.251 e. The van der Waals surface area contributed by atoms with E-state index in [1.807, 2.05) is 12.1 Å². The molecule has 2 heterocycles. The second kappa shape index (κ2) is 12.6. The summed E-state index contributed by atoms with van der Waals surface area (Å²) in [6.07, 6.45) is 5.24. The van der Waals surface area contributed by atoms with Crippen LogP contribution in [-0.2, 0) is 6.61 Å². The third kappa shape index (κ3) is 6.31. The van der Waals surface area contributed by atoms with Crippen molar-refractivity contribution in [1.82, 2.24) is 20.2 Å². The first-order chi connectivity index (χ1) is 18.4. The van der Waals surface area contributed by atoms with Gasteiger partial charge in [-0.3, -0.25) is 4.79 Å². The van der Waals surface area contributed by atoms with Crippen molar-refractivity contribution in [3.63, 3.8) is 0 Å². The lowest BCUT2D eigenvalue weighted by atomic mass is 9.88. The zero-order valence-electron chi connectivity index (χ0n) is 22.2. The third-order valence-electron chi connectivity index (χ3n) is 6.81. The average molecular weight is 524 g/mol. The van der Waals surface area contributed by atoms with Crippen molar-refractivity contribution in [3.8, 4) is 17.2 Å². The van der Waals surface area contributed by atoms with Crippen molar-refractivity contribution in [3.05, 3.63) is 65.2 Å². The van der Waals surface area contributed by atoms with E-state index in [9.17, 15) is 9.18 Å². The molecule has 2 N–H and O–H groups in total. The first-order valence-corrected chi connectivity index (χ1v) is 12.7. The average Bonchev–Trinajstić information content (AvgIpc) is 2.97. The highest BCUT2D eigenvalue weighted by molar-refractivity contribution is 5.94. The van der Waals surface area contributed by atoms with Crippen LogP contribution in [0.3, 0.4) is 0 Å². The van der Waals surface area contributed by atoms with E-state index >= 15 is 0 Å². The summed E-state index contributed by atoms with van der Waals surface area (Å²) >= 11 is 0. The largest absolute Gasteiger partial charge is 0.496 e. The Hall–Kier alpha value is -3.92. The molecular weight excluding hydrogens is 489 g/mol. The Bertz CT molecular complexity index is 1250. The Morgan fingerprint density at radius 1 is 1.08 bits per heavy atom. The van der Waals surface area contributed by atoms with Crippen molar-refractivity contribution in [1.29, 1.82) is 0 Å². The van der Waals surface area contributed by atoms with Crippen LogP contribution >= 0.6 is 0 Å². The maximum atomic E-state index is 14.7. The number of amides is 1. The molecule has 1 aliphatic heterocycles. The molecule has 2 aromatic carbocycles. The highest BCUT2D eigenvalue weighted by atomic mass is 19.1. The number of rotatable bonds is 10. The first kappa shape index (κ1) is 27.1. The molecule has 1 saturated heterocycles. The summed E-state index contributed by atoms with van der Waals surface area (Å²) in [6.45, 7) is 5.37. The van der Waals surface area contributed by atoms with Gasteiger partial charge in [-0.15, -0.1) is 0 Å². The SMILES string of the molecule is CCN1CCC(c2ccc(Nc3ncc(OCc4cc(C(=O)NC)cc(OC)c4F)cn3)cc2OC)CC1. The number of aromatic nitrogens is 2. The molecule has 0 unspecified atom stereocenters. The van der Waals surface area contributed by atoms with Crippen LogP contribution in [0.2, 0.25) is 0 Å². The number of anilines is 2. The molecule has 0 aliphatic carbocycles. The number of halogens is 1. The van der Waals surface area contributed by atoms with E-state index in [0.29, 0.717) is 17.6 Å². The zero-order valence-corrected chi connectivity index (χ0v) is 22.2. The van der Waals surface area contributed by atoms with Crippen molar-refractivity contribution in [2.45, 2.75) is 32.3 Å². The quantitative estimate of drug-likeness (QED) is 0.401. The lowest BCUT2D eigenvalue weighted by molar-refractivity contribution is 0.0962. The lowest BCUT2D eigenvalue weighted by Gasteiger charge is -2.32. The molecule has 0 atom stereocenters.